The van der Waals surface area contributed by atoms with Crippen LogP contribution < -0.4 is 31.1 Å². The van der Waals surface area contributed by atoms with Gasteiger partial charge in [-0.2, -0.15) is 0 Å². The molecule has 3 heterocycles. The SMILES string of the molecule is CC(C)(C)c1c2ccccc2c(N2c3cccc4c3B3c5c(cccc5N(c5ccccc5)c5cccc2c53)N4c2ccccc2)c2ccccc12. The highest BCUT2D eigenvalue weighted by molar-refractivity contribution is 7.02. The first-order chi connectivity index (χ1) is 25.5. The van der Waals surface area contributed by atoms with Crippen LogP contribution in [0.1, 0.15) is 26.3 Å². The van der Waals surface area contributed by atoms with Crippen LogP contribution in [0.25, 0.3) is 21.5 Å². The average molecular weight is 666 g/mol. The summed E-state index contributed by atoms with van der Waals surface area (Å²) >= 11 is 0. The van der Waals surface area contributed by atoms with Gasteiger partial charge in [0.25, 0.3) is 6.71 Å². The molecule has 0 bridgehead atoms. The predicted molar refractivity (Wildman–Crippen MR) is 222 cm³/mol. The van der Waals surface area contributed by atoms with Crippen LogP contribution in [0, 0.1) is 0 Å². The Labute approximate surface area is 305 Å². The van der Waals surface area contributed by atoms with Crippen molar-refractivity contribution in [3.05, 3.63) is 169 Å². The van der Waals surface area contributed by atoms with Gasteiger partial charge in [-0.3, -0.25) is 0 Å². The maximum atomic E-state index is 2.61. The van der Waals surface area contributed by atoms with Gasteiger partial charge in [-0.1, -0.05) is 124 Å². The molecule has 8 aromatic carbocycles. The summed E-state index contributed by atoms with van der Waals surface area (Å²) in [4.78, 5) is 7.59. The first kappa shape index (κ1) is 29.5. The van der Waals surface area contributed by atoms with Gasteiger partial charge in [0.05, 0.1) is 5.69 Å². The van der Waals surface area contributed by atoms with E-state index in [4.69, 9.17) is 0 Å². The molecular formula is C48H36BN3. The zero-order valence-electron chi connectivity index (χ0n) is 29.5. The second-order valence-electron chi connectivity index (χ2n) is 15.3. The van der Waals surface area contributed by atoms with E-state index in [0.29, 0.717) is 0 Å². The van der Waals surface area contributed by atoms with Crippen molar-refractivity contribution in [3.63, 3.8) is 0 Å². The first-order valence-electron chi connectivity index (χ1n) is 18.3. The van der Waals surface area contributed by atoms with Crippen molar-refractivity contribution in [2.75, 3.05) is 14.7 Å². The Morgan fingerprint density at radius 1 is 0.346 bits per heavy atom. The molecule has 0 spiro atoms. The normalized spacial score (nSPS) is 13.9. The molecule has 4 heteroatoms. The van der Waals surface area contributed by atoms with Crippen molar-refractivity contribution in [2.24, 2.45) is 0 Å². The minimum Gasteiger partial charge on any atom is -0.311 e. The van der Waals surface area contributed by atoms with Gasteiger partial charge in [0, 0.05) is 56.3 Å². The lowest BCUT2D eigenvalue weighted by molar-refractivity contribution is 0.601. The molecule has 0 aromatic heterocycles. The fourth-order valence-corrected chi connectivity index (χ4v) is 9.61. The quantitative estimate of drug-likeness (QED) is 0.137. The van der Waals surface area contributed by atoms with E-state index in [1.54, 1.807) is 0 Å². The van der Waals surface area contributed by atoms with Gasteiger partial charge in [0.2, 0.25) is 0 Å². The number of hydrogen-bond donors (Lipinski definition) is 0. The third kappa shape index (κ3) is 3.87. The van der Waals surface area contributed by atoms with E-state index in [2.05, 4.69) is 199 Å². The van der Waals surface area contributed by atoms with Crippen LogP contribution in [-0.4, -0.2) is 6.71 Å². The Morgan fingerprint density at radius 2 is 0.673 bits per heavy atom. The van der Waals surface area contributed by atoms with E-state index < -0.39 is 0 Å². The molecule has 8 aromatic rings. The molecule has 3 nitrogen and oxygen atoms in total. The fraction of sp³-hybridized carbons (Fsp3) is 0.0833. The first-order valence-corrected chi connectivity index (χ1v) is 18.3. The summed E-state index contributed by atoms with van der Waals surface area (Å²) in [5, 5.41) is 5.16. The van der Waals surface area contributed by atoms with E-state index in [-0.39, 0.29) is 12.1 Å². The Morgan fingerprint density at radius 3 is 1.04 bits per heavy atom. The number of anilines is 9. The summed E-state index contributed by atoms with van der Waals surface area (Å²) in [6.07, 6.45) is 0. The van der Waals surface area contributed by atoms with Crippen LogP contribution in [0.3, 0.4) is 0 Å². The van der Waals surface area contributed by atoms with Crippen LogP contribution in [0.15, 0.2) is 164 Å². The molecule has 0 saturated carbocycles. The van der Waals surface area contributed by atoms with Gasteiger partial charge in [0.1, 0.15) is 0 Å². The highest BCUT2D eigenvalue weighted by Crippen LogP contribution is 2.53. The third-order valence-electron chi connectivity index (χ3n) is 11.4. The fourth-order valence-electron chi connectivity index (χ4n) is 9.61. The number of nitrogens with zero attached hydrogens (tertiary/aromatic N) is 3. The molecule has 3 aliphatic heterocycles. The van der Waals surface area contributed by atoms with Gasteiger partial charge in [0.15, 0.2) is 0 Å². The molecule has 0 atom stereocenters. The number of fused-ring (bicyclic) bond motifs is 2. The molecule has 0 N–H and O–H groups in total. The topological polar surface area (TPSA) is 9.72 Å². The zero-order chi connectivity index (χ0) is 34.7. The summed E-state index contributed by atoms with van der Waals surface area (Å²) in [6, 6.07) is 60.7. The molecule has 0 amide bonds. The standard InChI is InChI=1S/C48H36BN3/c1-48(2,3)43-33-21-10-12-23-35(33)47(36-24-13-11-22-34(36)43)52-41-29-15-27-39-45(41)49-44-37(50(39)31-17-6-4-7-18-31)25-14-26-38(44)51(32-19-8-5-9-20-32)40-28-16-30-42(52)46(40)49/h4-30H,1-3H3. The lowest BCUT2D eigenvalue weighted by atomic mass is 9.32. The number of rotatable bonds is 3. The highest BCUT2D eigenvalue weighted by Gasteiger charge is 2.49. The summed E-state index contributed by atoms with van der Waals surface area (Å²) in [5.74, 6) is 0. The molecule has 11 rings (SSSR count). The smallest absolute Gasteiger partial charge is 0.257 e. The van der Waals surface area contributed by atoms with Crippen molar-refractivity contribution in [3.8, 4) is 0 Å². The lowest BCUT2D eigenvalue weighted by Crippen LogP contribution is -2.64. The average Bonchev–Trinajstić information content (AvgIpc) is 3.17. The summed E-state index contributed by atoms with van der Waals surface area (Å²) in [6.45, 7) is 7.11. The molecule has 0 saturated heterocycles. The third-order valence-corrected chi connectivity index (χ3v) is 11.4. The largest absolute Gasteiger partial charge is 0.311 e. The molecule has 0 fully saturated rings. The number of benzene rings is 8. The van der Waals surface area contributed by atoms with Gasteiger partial charge < -0.3 is 14.7 Å². The molecule has 52 heavy (non-hydrogen) atoms. The molecule has 0 radical (unpaired) electrons. The van der Waals surface area contributed by atoms with Crippen molar-refractivity contribution in [1.82, 2.24) is 0 Å². The van der Waals surface area contributed by atoms with E-state index in [0.717, 1.165) is 11.4 Å². The predicted octanol–water partition coefficient (Wildman–Crippen LogP) is 11.2. The maximum absolute atomic E-state index is 2.61. The van der Waals surface area contributed by atoms with E-state index in [1.165, 1.54) is 83.3 Å². The molecule has 246 valence electrons. The van der Waals surface area contributed by atoms with Crippen molar-refractivity contribution in [2.45, 2.75) is 26.2 Å². The second kappa shape index (κ2) is 10.6. The van der Waals surface area contributed by atoms with Crippen molar-refractivity contribution >= 4 is 95.8 Å². The second-order valence-corrected chi connectivity index (χ2v) is 15.3. The summed E-state index contributed by atoms with van der Waals surface area (Å²) < 4.78 is 0. The van der Waals surface area contributed by atoms with Crippen molar-refractivity contribution < 1.29 is 0 Å². The van der Waals surface area contributed by atoms with Crippen LogP contribution in [0.4, 0.5) is 51.2 Å². The molecule has 0 unspecified atom stereocenters. The molecule has 0 aliphatic carbocycles. The van der Waals surface area contributed by atoms with Gasteiger partial charge in [-0.05, 0) is 98.8 Å². The van der Waals surface area contributed by atoms with Gasteiger partial charge >= 0.3 is 0 Å². The van der Waals surface area contributed by atoms with Crippen molar-refractivity contribution in [1.29, 1.82) is 0 Å². The van der Waals surface area contributed by atoms with Gasteiger partial charge in [-0.25, -0.2) is 0 Å². The Kier molecular flexibility index (Phi) is 6.03. The monoisotopic (exact) mass is 665 g/mol. The molecule has 3 aliphatic rings. The van der Waals surface area contributed by atoms with Crippen LogP contribution >= 0.6 is 0 Å². The van der Waals surface area contributed by atoms with Gasteiger partial charge in [-0.15, -0.1) is 0 Å². The van der Waals surface area contributed by atoms with E-state index >= 15 is 0 Å². The minimum absolute atomic E-state index is 0.0466. The van der Waals surface area contributed by atoms with Crippen LogP contribution in [-0.2, 0) is 5.41 Å². The summed E-state index contributed by atoms with van der Waals surface area (Å²) in [5.41, 5.74) is 16.4. The number of hydrogen-bond acceptors (Lipinski definition) is 3. The van der Waals surface area contributed by atoms with E-state index in [9.17, 15) is 0 Å². The Balaban J connectivity index is 1.32. The minimum atomic E-state index is -0.0466. The van der Waals surface area contributed by atoms with E-state index in [1.807, 2.05) is 0 Å². The number of para-hydroxylation sites is 2. The van der Waals surface area contributed by atoms with Crippen LogP contribution in [0.5, 0.6) is 0 Å². The Hall–Kier alpha value is -6.26. The van der Waals surface area contributed by atoms with Crippen LogP contribution in [0.2, 0.25) is 0 Å². The zero-order valence-corrected chi connectivity index (χ0v) is 29.5. The Bertz CT molecular complexity index is 2580. The highest BCUT2D eigenvalue weighted by atomic mass is 15.2. The lowest BCUT2D eigenvalue weighted by Gasteiger charge is -2.49. The maximum Gasteiger partial charge on any atom is 0.257 e. The summed E-state index contributed by atoms with van der Waals surface area (Å²) in [7, 11) is 0. The molecular weight excluding hydrogens is 629 g/mol.